The first-order valence-electron chi connectivity index (χ1n) is 9.45. The molecule has 1 aliphatic heterocycles. The zero-order valence-electron chi connectivity index (χ0n) is 15.6. The van der Waals surface area contributed by atoms with E-state index < -0.39 is 0 Å². The molecule has 0 spiro atoms. The highest BCUT2D eigenvalue weighted by Gasteiger charge is 2.37. The lowest BCUT2D eigenvalue weighted by molar-refractivity contribution is 0.104. The van der Waals surface area contributed by atoms with Crippen LogP contribution in [0.15, 0.2) is 54.6 Å². The first-order chi connectivity index (χ1) is 13.2. The van der Waals surface area contributed by atoms with Crippen molar-refractivity contribution < 1.29 is 5.11 Å². The summed E-state index contributed by atoms with van der Waals surface area (Å²) in [5.41, 5.74) is 3.34. The zero-order chi connectivity index (χ0) is 18.7. The van der Waals surface area contributed by atoms with E-state index in [9.17, 15) is 5.11 Å². The maximum absolute atomic E-state index is 10.3. The van der Waals surface area contributed by atoms with Gasteiger partial charge in [-0.05, 0) is 59.9 Å². The molecule has 0 radical (unpaired) electrons. The van der Waals surface area contributed by atoms with Gasteiger partial charge in [-0.1, -0.05) is 47.6 Å². The fraction of sp³-hybridized carbons (Fsp3) is 0.381. The molecule has 1 saturated heterocycles. The van der Waals surface area contributed by atoms with Gasteiger partial charge in [-0.2, -0.15) is 4.68 Å². The molecular formula is C21H25N5O. The van der Waals surface area contributed by atoms with Crippen LogP contribution >= 0.6 is 0 Å². The summed E-state index contributed by atoms with van der Waals surface area (Å²) in [6.07, 6.45) is 2.87. The van der Waals surface area contributed by atoms with Crippen LogP contribution in [0, 0.1) is 12.3 Å². The van der Waals surface area contributed by atoms with Gasteiger partial charge in [-0.25, -0.2) is 0 Å². The van der Waals surface area contributed by atoms with Crippen molar-refractivity contribution in [3.05, 3.63) is 65.7 Å². The van der Waals surface area contributed by atoms with Crippen LogP contribution in [-0.4, -0.2) is 45.0 Å². The van der Waals surface area contributed by atoms with E-state index in [4.69, 9.17) is 0 Å². The fourth-order valence-corrected chi connectivity index (χ4v) is 4.04. The quantitative estimate of drug-likeness (QED) is 0.755. The molecule has 1 aliphatic rings. The predicted octanol–water partition coefficient (Wildman–Crippen LogP) is 2.79. The molecule has 3 aromatic rings. The molecule has 6 heteroatoms. The first kappa shape index (κ1) is 17.7. The van der Waals surface area contributed by atoms with Crippen LogP contribution in [0.3, 0.4) is 0 Å². The molecule has 0 amide bonds. The number of benzene rings is 2. The Hall–Kier alpha value is -2.73. The van der Waals surface area contributed by atoms with Gasteiger partial charge in [0.1, 0.15) is 0 Å². The largest absolute Gasteiger partial charge is 0.396 e. The van der Waals surface area contributed by atoms with Crippen molar-refractivity contribution >= 4 is 5.95 Å². The Morgan fingerprint density at radius 3 is 2.63 bits per heavy atom. The van der Waals surface area contributed by atoms with Crippen LogP contribution in [0.25, 0.3) is 5.69 Å². The number of tetrazole rings is 1. The second kappa shape index (κ2) is 7.48. The molecule has 1 fully saturated rings. The van der Waals surface area contributed by atoms with Crippen molar-refractivity contribution in [3.63, 3.8) is 0 Å². The number of aliphatic hydroxyl groups is 1. The molecule has 0 aliphatic carbocycles. The summed E-state index contributed by atoms with van der Waals surface area (Å²) in [4.78, 5) is 2.21. The maximum Gasteiger partial charge on any atom is 0.250 e. The molecule has 2 heterocycles. The summed E-state index contributed by atoms with van der Waals surface area (Å²) in [5.74, 6) is 0.739. The molecule has 0 bridgehead atoms. The van der Waals surface area contributed by atoms with E-state index in [2.05, 4.69) is 51.6 Å². The topological polar surface area (TPSA) is 67.1 Å². The highest BCUT2D eigenvalue weighted by Crippen LogP contribution is 2.35. The van der Waals surface area contributed by atoms with Gasteiger partial charge in [-0.3, -0.25) is 0 Å². The van der Waals surface area contributed by atoms with E-state index in [1.807, 2.05) is 30.3 Å². The Morgan fingerprint density at radius 1 is 1.07 bits per heavy atom. The minimum absolute atomic E-state index is 0.157. The van der Waals surface area contributed by atoms with E-state index in [0.717, 1.165) is 44.0 Å². The molecule has 4 rings (SSSR count). The van der Waals surface area contributed by atoms with Gasteiger partial charge < -0.3 is 10.0 Å². The molecule has 140 valence electrons. The number of anilines is 1. The third-order valence-electron chi connectivity index (χ3n) is 5.56. The Kier molecular flexibility index (Phi) is 4.90. The summed E-state index contributed by atoms with van der Waals surface area (Å²) >= 11 is 0. The number of nitrogens with zero attached hydrogens (tertiary/aromatic N) is 5. The highest BCUT2D eigenvalue weighted by molar-refractivity contribution is 5.41. The number of hydrogen-bond acceptors (Lipinski definition) is 5. The summed E-state index contributed by atoms with van der Waals surface area (Å²) in [5, 5.41) is 22.7. The van der Waals surface area contributed by atoms with Crippen LogP contribution in [0.1, 0.15) is 24.0 Å². The molecular weight excluding hydrogens is 338 g/mol. The SMILES string of the molecule is Cc1ccccc1CC1(CO)CCCN(c2nnnn2-c2ccccc2)C1. The Labute approximate surface area is 159 Å². The number of aromatic nitrogens is 4. The number of hydrogen-bond donors (Lipinski definition) is 1. The molecule has 1 atom stereocenters. The van der Waals surface area contributed by atoms with E-state index >= 15 is 0 Å². The number of rotatable bonds is 5. The van der Waals surface area contributed by atoms with E-state index in [0.29, 0.717) is 0 Å². The van der Waals surface area contributed by atoms with Gasteiger partial charge in [0.15, 0.2) is 0 Å². The van der Waals surface area contributed by atoms with Gasteiger partial charge in [0.25, 0.3) is 0 Å². The number of piperidine rings is 1. The molecule has 6 nitrogen and oxygen atoms in total. The second-order valence-corrected chi connectivity index (χ2v) is 7.51. The third-order valence-corrected chi connectivity index (χ3v) is 5.56. The molecule has 0 saturated carbocycles. The van der Waals surface area contributed by atoms with E-state index in [1.165, 1.54) is 11.1 Å². The lowest BCUT2D eigenvalue weighted by Gasteiger charge is -2.42. The Morgan fingerprint density at radius 2 is 1.85 bits per heavy atom. The number of para-hydroxylation sites is 1. The average molecular weight is 363 g/mol. The smallest absolute Gasteiger partial charge is 0.250 e. The monoisotopic (exact) mass is 363 g/mol. The lowest BCUT2D eigenvalue weighted by atomic mass is 9.75. The lowest BCUT2D eigenvalue weighted by Crippen LogP contribution is -2.47. The van der Waals surface area contributed by atoms with Crippen molar-refractivity contribution in [2.24, 2.45) is 5.41 Å². The highest BCUT2D eigenvalue weighted by atomic mass is 16.3. The summed E-state index contributed by atoms with van der Waals surface area (Å²) in [6, 6.07) is 18.4. The number of aryl methyl sites for hydroxylation is 1. The Bertz CT molecular complexity index is 894. The third kappa shape index (κ3) is 3.57. The van der Waals surface area contributed by atoms with Crippen LogP contribution in [0.5, 0.6) is 0 Å². The predicted molar refractivity (Wildman–Crippen MR) is 105 cm³/mol. The minimum atomic E-state index is -0.183. The van der Waals surface area contributed by atoms with Crippen LogP contribution < -0.4 is 4.90 Å². The van der Waals surface area contributed by atoms with Crippen molar-refractivity contribution in [3.8, 4) is 5.69 Å². The normalized spacial score (nSPS) is 20.0. The van der Waals surface area contributed by atoms with E-state index in [1.54, 1.807) is 4.68 Å². The van der Waals surface area contributed by atoms with Crippen molar-refractivity contribution in [1.29, 1.82) is 0 Å². The van der Waals surface area contributed by atoms with Crippen LogP contribution in [0.4, 0.5) is 5.95 Å². The fourth-order valence-electron chi connectivity index (χ4n) is 4.04. The maximum atomic E-state index is 10.3. The Balaban J connectivity index is 1.61. The van der Waals surface area contributed by atoms with Gasteiger partial charge in [-0.15, -0.1) is 0 Å². The summed E-state index contributed by atoms with van der Waals surface area (Å²) in [6.45, 7) is 3.93. The van der Waals surface area contributed by atoms with Crippen molar-refractivity contribution in [2.45, 2.75) is 26.2 Å². The minimum Gasteiger partial charge on any atom is -0.396 e. The zero-order valence-corrected chi connectivity index (χ0v) is 15.6. The molecule has 1 N–H and O–H groups in total. The standard InChI is InChI=1S/C21H25N5O/c1-17-8-5-6-9-18(17)14-21(16-27)12-7-13-25(15-21)20-22-23-24-26(20)19-10-3-2-4-11-19/h2-6,8-11,27H,7,12-16H2,1H3. The van der Waals surface area contributed by atoms with Gasteiger partial charge in [0.2, 0.25) is 5.95 Å². The van der Waals surface area contributed by atoms with Crippen LogP contribution in [0.2, 0.25) is 0 Å². The van der Waals surface area contributed by atoms with Crippen molar-refractivity contribution in [1.82, 2.24) is 20.2 Å². The molecule has 2 aromatic carbocycles. The number of aliphatic hydroxyl groups excluding tert-OH is 1. The van der Waals surface area contributed by atoms with Crippen LogP contribution in [-0.2, 0) is 6.42 Å². The summed E-state index contributed by atoms with van der Waals surface area (Å²) in [7, 11) is 0. The van der Waals surface area contributed by atoms with Gasteiger partial charge in [0, 0.05) is 18.5 Å². The second-order valence-electron chi connectivity index (χ2n) is 7.51. The average Bonchev–Trinajstić information content (AvgIpc) is 3.21. The van der Waals surface area contributed by atoms with Gasteiger partial charge in [0.05, 0.1) is 12.3 Å². The molecule has 1 unspecified atom stereocenters. The van der Waals surface area contributed by atoms with Gasteiger partial charge >= 0.3 is 0 Å². The molecule has 27 heavy (non-hydrogen) atoms. The van der Waals surface area contributed by atoms with E-state index in [-0.39, 0.29) is 12.0 Å². The molecule has 1 aromatic heterocycles. The summed E-state index contributed by atoms with van der Waals surface area (Å²) < 4.78 is 1.78. The van der Waals surface area contributed by atoms with Crippen molar-refractivity contribution in [2.75, 3.05) is 24.6 Å². The first-order valence-corrected chi connectivity index (χ1v) is 9.45.